The van der Waals surface area contributed by atoms with Crippen molar-refractivity contribution in [1.29, 1.82) is 0 Å². The third kappa shape index (κ3) is 14.3. The highest BCUT2D eigenvalue weighted by atomic mass is 79.9. The first-order valence-corrected chi connectivity index (χ1v) is 12.0. The molecule has 3 nitrogen and oxygen atoms in total. The lowest BCUT2D eigenvalue weighted by atomic mass is 9.84. The molecule has 174 valence electrons. The Morgan fingerprint density at radius 3 is 1.55 bits per heavy atom. The van der Waals surface area contributed by atoms with Crippen molar-refractivity contribution in [2.75, 3.05) is 0 Å². The van der Waals surface area contributed by atoms with Crippen LogP contribution in [-0.4, -0.2) is 16.5 Å². The van der Waals surface area contributed by atoms with Crippen molar-refractivity contribution < 1.29 is 4.79 Å². The maximum Gasteiger partial charge on any atom is 0.263 e. The van der Waals surface area contributed by atoms with Crippen LogP contribution in [0.3, 0.4) is 0 Å². The van der Waals surface area contributed by atoms with E-state index in [-0.39, 0.29) is 28.4 Å². The SMILES string of the molecule is Br.C=C(C)C(=O)N(N)C(C)(C)C(C)CCCCCCCCCCCCCCCC. The predicted molar refractivity (Wildman–Crippen MR) is 134 cm³/mol. The molecule has 0 saturated heterocycles. The molecule has 4 heteroatoms. The summed E-state index contributed by atoms with van der Waals surface area (Å²) in [6.45, 7) is 14.0. The van der Waals surface area contributed by atoms with Crippen LogP contribution in [0.1, 0.15) is 131 Å². The van der Waals surface area contributed by atoms with E-state index in [1.807, 2.05) is 0 Å². The number of nitrogens with zero attached hydrogens (tertiary/aromatic N) is 1. The van der Waals surface area contributed by atoms with E-state index in [2.05, 4.69) is 34.3 Å². The van der Waals surface area contributed by atoms with Gasteiger partial charge in [0.25, 0.3) is 5.91 Å². The van der Waals surface area contributed by atoms with E-state index in [1.165, 1.54) is 94.9 Å². The molecule has 0 rings (SSSR count). The van der Waals surface area contributed by atoms with E-state index in [0.717, 1.165) is 6.42 Å². The summed E-state index contributed by atoms with van der Waals surface area (Å²) in [6.07, 6.45) is 20.5. The van der Waals surface area contributed by atoms with Gasteiger partial charge < -0.3 is 0 Å². The number of hydrazine groups is 1. The van der Waals surface area contributed by atoms with E-state index in [4.69, 9.17) is 5.84 Å². The molecule has 1 atom stereocenters. The number of nitrogens with two attached hydrogens (primary N) is 1. The summed E-state index contributed by atoms with van der Waals surface area (Å²) in [7, 11) is 0. The minimum atomic E-state index is -0.341. The molecule has 1 amide bonds. The van der Waals surface area contributed by atoms with Crippen molar-refractivity contribution >= 4 is 22.9 Å². The van der Waals surface area contributed by atoms with Crippen LogP contribution in [0.5, 0.6) is 0 Å². The third-order valence-corrected chi connectivity index (χ3v) is 6.40. The normalized spacial score (nSPS) is 12.3. The van der Waals surface area contributed by atoms with E-state index in [0.29, 0.717) is 11.5 Å². The number of amides is 1. The fraction of sp³-hybridized carbons (Fsp3) is 0.880. The average Bonchev–Trinajstić information content (AvgIpc) is 2.66. The Hall–Kier alpha value is -0.350. The summed E-state index contributed by atoms with van der Waals surface area (Å²) in [4.78, 5) is 12.1. The molecule has 0 saturated carbocycles. The van der Waals surface area contributed by atoms with Gasteiger partial charge in [0.2, 0.25) is 0 Å². The molecule has 0 aliphatic carbocycles. The Morgan fingerprint density at radius 2 is 1.21 bits per heavy atom. The predicted octanol–water partition coefficient (Wildman–Crippen LogP) is 8.13. The van der Waals surface area contributed by atoms with Gasteiger partial charge in [-0.25, -0.2) is 5.84 Å². The first-order chi connectivity index (χ1) is 13.2. The molecule has 0 spiro atoms. The Morgan fingerprint density at radius 1 is 0.862 bits per heavy atom. The number of unbranched alkanes of at least 4 members (excludes halogenated alkanes) is 13. The van der Waals surface area contributed by atoms with Gasteiger partial charge in [-0.3, -0.25) is 9.80 Å². The number of carbonyl (C=O) groups excluding carboxylic acids is 1. The topological polar surface area (TPSA) is 46.3 Å². The molecule has 0 aromatic heterocycles. The molecule has 2 N–H and O–H groups in total. The maximum atomic E-state index is 12.1. The minimum Gasteiger partial charge on any atom is -0.271 e. The highest BCUT2D eigenvalue weighted by Gasteiger charge is 2.33. The number of rotatable bonds is 18. The van der Waals surface area contributed by atoms with Gasteiger partial charge in [0, 0.05) is 5.57 Å². The Kier molecular flexibility index (Phi) is 19.6. The zero-order valence-electron chi connectivity index (χ0n) is 20.2. The summed E-state index contributed by atoms with van der Waals surface area (Å²) in [6, 6.07) is 0. The van der Waals surface area contributed by atoms with Gasteiger partial charge in [-0.15, -0.1) is 17.0 Å². The zero-order chi connectivity index (χ0) is 21.4. The number of carbonyl (C=O) groups is 1. The lowest BCUT2D eigenvalue weighted by molar-refractivity contribution is -0.134. The Labute approximate surface area is 193 Å². The molecule has 0 aromatic carbocycles. The monoisotopic (exact) mass is 474 g/mol. The summed E-state index contributed by atoms with van der Waals surface area (Å²) >= 11 is 0. The quantitative estimate of drug-likeness (QED) is 0.0715. The average molecular weight is 476 g/mol. The van der Waals surface area contributed by atoms with Crippen molar-refractivity contribution in [2.24, 2.45) is 11.8 Å². The molecule has 0 bridgehead atoms. The standard InChI is InChI=1S/C25H50N2O.BrH/c1-7-8-9-10-11-12-13-14-15-16-17-18-19-20-21-23(4)25(5,6)27(26)24(28)22(2)3;/h23H,2,7-21,26H2,1,3-6H3;1H. The van der Waals surface area contributed by atoms with Crippen LogP contribution in [0.4, 0.5) is 0 Å². The highest BCUT2D eigenvalue weighted by Crippen LogP contribution is 2.27. The van der Waals surface area contributed by atoms with Gasteiger partial charge in [-0.2, -0.15) is 0 Å². The first kappa shape index (κ1) is 30.8. The van der Waals surface area contributed by atoms with Gasteiger partial charge in [0.05, 0.1) is 5.54 Å². The van der Waals surface area contributed by atoms with Gasteiger partial charge in [0.15, 0.2) is 0 Å². The molecule has 0 radical (unpaired) electrons. The first-order valence-electron chi connectivity index (χ1n) is 12.0. The van der Waals surface area contributed by atoms with Gasteiger partial charge >= 0.3 is 0 Å². The van der Waals surface area contributed by atoms with Crippen molar-refractivity contribution in [1.82, 2.24) is 5.01 Å². The highest BCUT2D eigenvalue weighted by molar-refractivity contribution is 8.93. The van der Waals surface area contributed by atoms with Crippen LogP contribution < -0.4 is 5.84 Å². The molecule has 0 aromatic rings. The van der Waals surface area contributed by atoms with Crippen molar-refractivity contribution in [3.05, 3.63) is 12.2 Å². The maximum absolute atomic E-state index is 12.1. The molecule has 0 aliphatic rings. The van der Waals surface area contributed by atoms with E-state index in [1.54, 1.807) is 6.92 Å². The fourth-order valence-corrected chi connectivity index (χ4v) is 3.70. The zero-order valence-corrected chi connectivity index (χ0v) is 21.9. The third-order valence-electron chi connectivity index (χ3n) is 6.40. The molecule has 0 aliphatic heterocycles. The largest absolute Gasteiger partial charge is 0.271 e. The molecule has 0 fully saturated rings. The van der Waals surface area contributed by atoms with E-state index >= 15 is 0 Å². The molecule has 1 unspecified atom stereocenters. The fourth-order valence-electron chi connectivity index (χ4n) is 3.70. The van der Waals surface area contributed by atoms with Crippen LogP contribution in [0, 0.1) is 5.92 Å². The minimum absolute atomic E-state index is 0. The molecular weight excluding hydrogens is 424 g/mol. The van der Waals surface area contributed by atoms with Crippen LogP contribution in [0.25, 0.3) is 0 Å². The molecule has 0 heterocycles. The number of hydrogen-bond acceptors (Lipinski definition) is 2. The second kappa shape index (κ2) is 18.4. The summed E-state index contributed by atoms with van der Waals surface area (Å²) in [5.41, 5.74) is 0.159. The van der Waals surface area contributed by atoms with Crippen molar-refractivity contribution in [2.45, 2.75) is 136 Å². The summed E-state index contributed by atoms with van der Waals surface area (Å²) < 4.78 is 0. The summed E-state index contributed by atoms with van der Waals surface area (Å²) in [5.74, 6) is 6.29. The number of halogens is 1. The van der Waals surface area contributed by atoms with Gasteiger partial charge in [-0.05, 0) is 33.1 Å². The van der Waals surface area contributed by atoms with Crippen molar-refractivity contribution in [3.63, 3.8) is 0 Å². The van der Waals surface area contributed by atoms with E-state index < -0.39 is 0 Å². The molecule has 29 heavy (non-hydrogen) atoms. The van der Waals surface area contributed by atoms with E-state index in [9.17, 15) is 4.79 Å². The second-order valence-corrected chi connectivity index (χ2v) is 9.40. The van der Waals surface area contributed by atoms with Crippen LogP contribution in [0.2, 0.25) is 0 Å². The van der Waals surface area contributed by atoms with Crippen LogP contribution >= 0.6 is 17.0 Å². The Bertz CT molecular complexity index is 423. The lowest BCUT2D eigenvalue weighted by Crippen LogP contribution is -2.55. The summed E-state index contributed by atoms with van der Waals surface area (Å²) in [5, 5.41) is 1.38. The van der Waals surface area contributed by atoms with Crippen LogP contribution in [-0.2, 0) is 4.79 Å². The van der Waals surface area contributed by atoms with Gasteiger partial charge in [0.1, 0.15) is 0 Å². The number of hydrogen-bond donors (Lipinski definition) is 1. The van der Waals surface area contributed by atoms with Crippen LogP contribution in [0.15, 0.2) is 12.2 Å². The van der Waals surface area contributed by atoms with Crippen molar-refractivity contribution in [3.8, 4) is 0 Å². The van der Waals surface area contributed by atoms with Gasteiger partial charge in [-0.1, -0.05) is 110 Å². The lowest BCUT2D eigenvalue weighted by Gasteiger charge is -2.40. The molecular formula is C25H51BrN2O. The Balaban J connectivity index is 0. The smallest absolute Gasteiger partial charge is 0.263 e. The second-order valence-electron chi connectivity index (χ2n) is 9.40.